The molecule has 0 unspecified atom stereocenters. The molecule has 1 aromatic heterocycles. The van der Waals surface area contributed by atoms with E-state index in [1.165, 1.54) is 38.6 Å². The van der Waals surface area contributed by atoms with Crippen LogP contribution in [0.1, 0.15) is 6.92 Å². The van der Waals surface area contributed by atoms with Gasteiger partial charge in [0.15, 0.2) is 5.82 Å². The Morgan fingerprint density at radius 2 is 1.80 bits per heavy atom. The molecule has 40 heavy (non-hydrogen) atoms. The van der Waals surface area contributed by atoms with Gasteiger partial charge in [0.05, 0.1) is 36.7 Å². The number of ether oxygens (including phenoxy) is 3. The van der Waals surface area contributed by atoms with E-state index in [1.807, 2.05) is 4.90 Å². The van der Waals surface area contributed by atoms with Crippen LogP contribution in [0.5, 0.6) is 17.2 Å². The highest BCUT2D eigenvalue weighted by Crippen LogP contribution is 2.40. The van der Waals surface area contributed by atoms with Crippen LogP contribution in [0, 0.1) is 10.1 Å². The van der Waals surface area contributed by atoms with Crippen molar-refractivity contribution in [3.63, 3.8) is 0 Å². The van der Waals surface area contributed by atoms with Crippen molar-refractivity contribution in [3.8, 4) is 17.2 Å². The van der Waals surface area contributed by atoms with Crippen LogP contribution < -0.4 is 35.5 Å². The summed E-state index contributed by atoms with van der Waals surface area (Å²) in [5.74, 6) is 1.24. The number of anilines is 5. The Morgan fingerprint density at radius 1 is 1.10 bits per heavy atom. The van der Waals surface area contributed by atoms with Crippen molar-refractivity contribution < 1.29 is 23.9 Å². The normalized spacial score (nSPS) is 13.4. The molecule has 0 bridgehead atoms. The quantitative estimate of drug-likeness (QED) is 0.234. The average molecular weight is 573 g/mol. The lowest BCUT2D eigenvalue weighted by Crippen LogP contribution is -2.46. The van der Waals surface area contributed by atoms with E-state index >= 15 is 0 Å². The summed E-state index contributed by atoms with van der Waals surface area (Å²) in [6.07, 6.45) is 0.387. The van der Waals surface area contributed by atoms with Gasteiger partial charge in [-0.3, -0.25) is 10.1 Å². The molecule has 1 fully saturated rings. The van der Waals surface area contributed by atoms with Gasteiger partial charge >= 0.3 is 6.09 Å². The molecule has 4 N–H and O–H groups in total. The fraction of sp³-hybridized carbons (Fsp3) is 0.320. The topological polar surface area (TPSA) is 170 Å². The molecular formula is C25H29ClN8O6. The number of nitro benzene ring substituents is 1. The van der Waals surface area contributed by atoms with Crippen LogP contribution in [0.3, 0.4) is 0 Å². The lowest BCUT2D eigenvalue weighted by molar-refractivity contribution is -0.384. The summed E-state index contributed by atoms with van der Waals surface area (Å²) in [5.41, 5.74) is 6.20. The SMILES string of the molecule is CCN1CCN(c2cc(OC)c(Nc3ncc(Cl)c(Nc4cc(OC(N)=O)ccc4OC)n3)cc2[N+](=O)[O-])CC1. The third-order valence-corrected chi connectivity index (χ3v) is 6.56. The first-order chi connectivity index (χ1) is 19.2. The Kier molecular flexibility index (Phi) is 8.91. The number of nitrogens with zero attached hydrogens (tertiary/aromatic N) is 5. The third-order valence-electron chi connectivity index (χ3n) is 6.29. The number of halogens is 1. The predicted octanol–water partition coefficient (Wildman–Crippen LogP) is 4.14. The van der Waals surface area contributed by atoms with Crippen molar-refractivity contribution in [1.82, 2.24) is 14.9 Å². The van der Waals surface area contributed by atoms with Gasteiger partial charge in [-0.05, 0) is 18.7 Å². The summed E-state index contributed by atoms with van der Waals surface area (Å²) in [6.45, 7) is 5.97. The van der Waals surface area contributed by atoms with E-state index in [0.717, 1.165) is 19.6 Å². The maximum absolute atomic E-state index is 12.0. The molecule has 0 spiro atoms. The number of likely N-dealkylation sites (N-methyl/N-ethyl adjacent to an activating group) is 1. The standard InChI is InChI=1S/C25H29ClN8O6/c1-4-32-7-9-33(10-8-32)19-13-22(39-3)18(12-20(19)34(36)37)30-25-28-14-16(26)23(31-25)29-17-11-15(40-24(27)35)5-6-21(17)38-2/h5-6,11-14H,4,7-10H2,1-3H3,(H2,27,35)(H2,28,29,30,31). The van der Waals surface area contributed by atoms with Gasteiger partial charge in [0.1, 0.15) is 28.0 Å². The fourth-order valence-electron chi connectivity index (χ4n) is 4.26. The van der Waals surface area contributed by atoms with Gasteiger partial charge < -0.3 is 40.4 Å². The molecule has 0 atom stereocenters. The second-order valence-electron chi connectivity index (χ2n) is 8.64. The van der Waals surface area contributed by atoms with Crippen LogP contribution in [0.25, 0.3) is 0 Å². The molecule has 0 aliphatic carbocycles. The van der Waals surface area contributed by atoms with E-state index in [-0.39, 0.29) is 28.2 Å². The summed E-state index contributed by atoms with van der Waals surface area (Å²) in [6, 6.07) is 7.62. The van der Waals surface area contributed by atoms with Crippen molar-refractivity contribution in [2.75, 3.05) is 62.5 Å². The second-order valence-corrected chi connectivity index (χ2v) is 9.05. The molecular weight excluding hydrogens is 544 g/mol. The van der Waals surface area contributed by atoms with Crippen molar-refractivity contribution in [3.05, 3.63) is 51.7 Å². The van der Waals surface area contributed by atoms with E-state index in [9.17, 15) is 14.9 Å². The van der Waals surface area contributed by atoms with Gasteiger partial charge in [-0.15, -0.1) is 0 Å². The van der Waals surface area contributed by atoms with Crippen LogP contribution in [0.2, 0.25) is 5.02 Å². The van der Waals surface area contributed by atoms with Gasteiger partial charge in [0.2, 0.25) is 5.95 Å². The van der Waals surface area contributed by atoms with Crippen LogP contribution in [-0.2, 0) is 0 Å². The number of hydrogen-bond donors (Lipinski definition) is 3. The number of nitrogens with one attached hydrogen (secondary N) is 2. The zero-order chi connectivity index (χ0) is 28.8. The zero-order valence-electron chi connectivity index (χ0n) is 22.1. The van der Waals surface area contributed by atoms with Gasteiger partial charge in [-0.25, -0.2) is 9.78 Å². The molecule has 2 heterocycles. The monoisotopic (exact) mass is 572 g/mol. The summed E-state index contributed by atoms with van der Waals surface area (Å²) >= 11 is 6.34. The molecule has 212 valence electrons. The smallest absolute Gasteiger partial charge is 0.409 e. The number of amides is 1. The minimum Gasteiger partial charge on any atom is -0.495 e. The highest BCUT2D eigenvalue weighted by atomic mass is 35.5. The Balaban J connectivity index is 1.63. The van der Waals surface area contributed by atoms with E-state index in [4.69, 9.17) is 31.5 Å². The summed E-state index contributed by atoms with van der Waals surface area (Å²) < 4.78 is 15.9. The van der Waals surface area contributed by atoms with E-state index in [2.05, 4.69) is 32.4 Å². The van der Waals surface area contributed by atoms with Crippen LogP contribution in [0.4, 0.5) is 39.3 Å². The molecule has 3 aromatic rings. The van der Waals surface area contributed by atoms with Gasteiger partial charge in [0.25, 0.3) is 5.69 Å². The number of rotatable bonds is 10. The molecule has 1 aliphatic heterocycles. The minimum atomic E-state index is -0.972. The maximum Gasteiger partial charge on any atom is 0.409 e. The summed E-state index contributed by atoms with van der Waals surface area (Å²) in [4.78, 5) is 35.7. The Morgan fingerprint density at radius 3 is 2.42 bits per heavy atom. The highest BCUT2D eigenvalue weighted by Gasteiger charge is 2.26. The molecule has 4 rings (SSSR count). The first kappa shape index (κ1) is 28.4. The number of methoxy groups -OCH3 is 2. The number of hydrogen-bond acceptors (Lipinski definition) is 12. The number of piperazine rings is 1. The number of nitrogens with two attached hydrogens (primary N) is 1. The lowest BCUT2D eigenvalue weighted by atomic mass is 10.1. The van der Waals surface area contributed by atoms with E-state index in [0.29, 0.717) is 41.7 Å². The fourth-order valence-corrected chi connectivity index (χ4v) is 4.39. The van der Waals surface area contributed by atoms with Crippen LogP contribution in [-0.4, -0.2) is 72.8 Å². The van der Waals surface area contributed by atoms with Gasteiger partial charge in [-0.2, -0.15) is 4.98 Å². The molecule has 2 aromatic carbocycles. The van der Waals surface area contributed by atoms with Crippen molar-refractivity contribution >= 4 is 52.2 Å². The number of nitro groups is 1. The number of benzene rings is 2. The Bertz CT molecular complexity index is 1400. The first-order valence-electron chi connectivity index (χ1n) is 12.3. The van der Waals surface area contributed by atoms with Crippen LogP contribution >= 0.6 is 11.6 Å². The number of primary amides is 1. The molecule has 14 nitrogen and oxygen atoms in total. The molecule has 1 aliphatic rings. The predicted molar refractivity (Wildman–Crippen MR) is 151 cm³/mol. The Labute approximate surface area is 235 Å². The first-order valence-corrected chi connectivity index (χ1v) is 12.7. The van der Waals surface area contributed by atoms with E-state index in [1.54, 1.807) is 12.1 Å². The molecule has 15 heteroatoms. The largest absolute Gasteiger partial charge is 0.495 e. The molecule has 0 radical (unpaired) electrons. The highest BCUT2D eigenvalue weighted by molar-refractivity contribution is 6.33. The maximum atomic E-state index is 12.0. The molecule has 1 saturated heterocycles. The van der Waals surface area contributed by atoms with Crippen molar-refractivity contribution in [1.29, 1.82) is 0 Å². The molecule has 0 saturated carbocycles. The second kappa shape index (κ2) is 12.5. The third kappa shape index (κ3) is 6.52. The minimum absolute atomic E-state index is 0.0726. The summed E-state index contributed by atoms with van der Waals surface area (Å²) in [5, 5.41) is 18.2. The number of carbonyl (C=O) groups excluding carboxylic acids is 1. The van der Waals surface area contributed by atoms with Crippen LogP contribution in [0.15, 0.2) is 36.5 Å². The zero-order valence-corrected chi connectivity index (χ0v) is 22.9. The van der Waals surface area contributed by atoms with Crippen molar-refractivity contribution in [2.24, 2.45) is 5.73 Å². The van der Waals surface area contributed by atoms with Gasteiger partial charge in [0, 0.05) is 44.4 Å². The molecule has 1 amide bonds. The number of aromatic nitrogens is 2. The Hall–Kier alpha value is -4.56. The van der Waals surface area contributed by atoms with Crippen molar-refractivity contribution in [2.45, 2.75) is 6.92 Å². The van der Waals surface area contributed by atoms with E-state index < -0.39 is 11.0 Å². The lowest BCUT2D eigenvalue weighted by Gasteiger charge is -2.35. The average Bonchev–Trinajstić information content (AvgIpc) is 2.94. The summed E-state index contributed by atoms with van der Waals surface area (Å²) in [7, 11) is 2.95. The number of carbonyl (C=O) groups is 1. The van der Waals surface area contributed by atoms with Gasteiger partial charge in [-0.1, -0.05) is 18.5 Å².